The zero-order valence-electron chi connectivity index (χ0n) is 15.5. The van der Waals surface area contributed by atoms with Gasteiger partial charge in [0.15, 0.2) is 0 Å². The second-order valence-corrected chi connectivity index (χ2v) is 6.62. The van der Waals surface area contributed by atoms with Gasteiger partial charge in [-0.15, -0.1) is 0 Å². The minimum atomic E-state index is -0.503. The zero-order chi connectivity index (χ0) is 19.4. The number of aromatic amines is 1. The van der Waals surface area contributed by atoms with Crippen molar-refractivity contribution >= 4 is 16.8 Å². The molecule has 0 radical (unpaired) electrons. The maximum Gasteiger partial charge on any atom is 0.328 e. The van der Waals surface area contributed by atoms with Crippen LogP contribution in [0.5, 0.6) is 0 Å². The van der Waals surface area contributed by atoms with Gasteiger partial charge in [-0.1, -0.05) is 48.9 Å². The standard InChI is InChI=1S/C21H23N3O3/c1-3-17(15-10-8-14(2)9-11-15)22-19(25)12-13-24-18-7-5-4-6-16(18)20(26)23-21(24)27/h4-11,17H,3,12-13H2,1-2H3,(H,22,25)(H,23,26,27)/t17-/m0/s1. The molecule has 1 amide bonds. The first-order valence-electron chi connectivity index (χ1n) is 9.07. The number of nitrogens with one attached hydrogen (secondary N) is 2. The van der Waals surface area contributed by atoms with Gasteiger partial charge in [0, 0.05) is 13.0 Å². The van der Waals surface area contributed by atoms with E-state index in [1.54, 1.807) is 24.3 Å². The van der Waals surface area contributed by atoms with Crippen LogP contribution in [0.25, 0.3) is 10.9 Å². The van der Waals surface area contributed by atoms with Crippen LogP contribution in [0, 0.1) is 6.92 Å². The molecule has 3 rings (SSSR count). The van der Waals surface area contributed by atoms with E-state index in [0.717, 1.165) is 12.0 Å². The first-order valence-corrected chi connectivity index (χ1v) is 9.07. The SMILES string of the molecule is CC[C@H](NC(=O)CCn1c(=O)[nH]c(=O)c2ccccc21)c1ccc(C)cc1. The number of carbonyl (C=O) groups is 1. The fraction of sp³-hybridized carbons (Fsp3) is 0.286. The molecule has 2 aromatic carbocycles. The molecule has 0 aliphatic rings. The van der Waals surface area contributed by atoms with Crippen molar-refractivity contribution in [1.82, 2.24) is 14.9 Å². The molecule has 0 unspecified atom stereocenters. The van der Waals surface area contributed by atoms with Gasteiger partial charge in [0.1, 0.15) is 0 Å². The van der Waals surface area contributed by atoms with Crippen LogP contribution in [0.15, 0.2) is 58.1 Å². The molecule has 1 aromatic heterocycles. The smallest absolute Gasteiger partial charge is 0.328 e. The molecule has 2 N–H and O–H groups in total. The van der Waals surface area contributed by atoms with E-state index in [4.69, 9.17) is 0 Å². The van der Waals surface area contributed by atoms with Crippen LogP contribution in [0.3, 0.4) is 0 Å². The molecule has 27 heavy (non-hydrogen) atoms. The largest absolute Gasteiger partial charge is 0.349 e. The number of rotatable bonds is 6. The molecule has 0 saturated heterocycles. The van der Waals surface area contributed by atoms with E-state index in [2.05, 4.69) is 10.3 Å². The van der Waals surface area contributed by atoms with E-state index < -0.39 is 11.2 Å². The second kappa shape index (κ2) is 8.03. The van der Waals surface area contributed by atoms with Crippen LogP contribution in [-0.4, -0.2) is 15.5 Å². The molecule has 6 heteroatoms. The van der Waals surface area contributed by atoms with E-state index in [-0.39, 0.29) is 24.9 Å². The highest BCUT2D eigenvalue weighted by Gasteiger charge is 2.14. The molecule has 140 valence electrons. The Morgan fingerprint density at radius 2 is 1.81 bits per heavy atom. The Kier molecular flexibility index (Phi) is 5.54. The average molecular weight is 365 g/mol. The summed E-state index contributed by atoms with van der Waals surface area (Å²) in [7, 11) is 0. The lowest BCUT2D eigenvalue weighted by atomic mass is 10.0. The summed E-state index contributed by atoms with van der Waals surface area (Å²) in [5, 5.41) is 3.46. The van der Waals surface area contributed by atoms with Gasteiger partial charge in [-0.3, -0.25) is 19.1 Å². The Morgan fingerprint density at radius 3 is 2.52 bits per heavy atom. The Labute approximate surface area is 156 Å². The molecule has 1 heterocycles. The molecular formula is C21H23N3O3. The Balaban J connectivity index is 1.74. The molecule has 6 nitrogen and oxygen atoms in total. The van der Waals surface area contributed by atoms with Gasteiger partial charge in [-0.2, -0.15) is 0 Å². The number of amides is 1. The summed E-state index contributed by atoms with van der Waals surface area (Å²) in [4.78, 5) is 38.8. The topological polar surface area (TPSA) is 84.0 Å². The number of H-pyrrole nitrogens is 1. The fourth-order valence-electron chi connectivity index (χ4n) is 3.16. The van der Waals surface area contributed by atoms with Gasteiger partial charge in [-0.25, -0.2) is 4.79 Å². The first kappa shape index (κ1) is 18.6. The van der Waals surface area contributed by atoms with Crippen LogP contribution in [-0.2, 0) is 11.3 Å². The summed E-state index contributed by atoms with van der Waals surface area (Å²) in [6, 6.07) is 14.9. The summed E-state index contributed by atoms with van der Waals surface area (Å²) < 4.78 is 1.43. The van der Waals surface area contributed by atoms with E-state index in [0.29, 0.717) is 10.9 Å². The average Bonchev–Trinajstić information content (AvgIpc) is 2.66. The Bertz CT molecular complexity index is 1060. The molecule has 0 saturated carbocycles. The lowest BCUT2D eigenvalue weighted by Gasteiger charge is -2.18. The molecule has 0 aliphatic carbocycles. The van der Waals surface area contributed by atoms with Crippen molar-refractivity contribution in [3.05, 3.63) is 80.5 Å². The molecule has 0 fully saturated rings. The predicted molar refractivity (Wildman–Crippen MR) is 106 cm³/mol. The Hall–Kier alpha value is -3.15. The van der Waals surface area contributed by atoms with E-state index in [9.17, 15) is 14.4 Å². The molecule has 0 bridgehead atoms. The monoisotopic (exact) mass is 365 g/mol. The molecule has 1 atom stereocenters. The summed E-state index contributed by atoms with van der Waals surface area (Å²) in [6.45, 7) is 4.24. The van der Waals surface area contributed by atoms with Crippen molar-refractivity contribution in [2.24, 2.45) is 0 Å². The highest BCUT2D eigenvalue weighted by molar-refractivity contribution is 5.79. The summed E-state index contributed by atoms with van der Waals surface area (Å²) in [5.74, 6) is -0.135. The minimum Gasteiger partial charge on any atom is -0.349 e. The minimum absolute atomic E-state index is 0.0675. The third kappa shape index (κ3) is 4.16. The summed E-state index contributed by atoms with van der Waals surface area (Å²) in [5.41, 5.74) is 1.84. The zero-order valence-corrected chi connectivity index (χ0v) is 15.5. The number of benzene rings is 2. The Morgan fingerprint density at radius 1 is 1.11 bits per heavy atom. The number of fused-ring (bicyclic) bond motifs is 1. The predicted octanol–water partition coefficient (Wildman–Crippen LogP) is 2.66. The van der Waals surface area contributed by atoms with Crippen molar-refractivity contribution in [3.8, 4) is 0 Å². The number of para-hydroxylation sites is 1. The third-order valence-electron chi connectivity index (χ3n) is 4.69. The van der Waals surface area contributed by atoms with Gasteiger partial charge in [0.25, 0.3) is 5.56 Å². The van der Waals surface area contributed by atoms with Crippen LogP contribution >= 0.6 is 0 Å². The normalized spacial score (nSPS) is 12.1. The van der Waals surface area contributed by atoms with Crippen molar-refractivity contribution in [2.75, 3.05) is 0 Å². The van der Waals surface area contributed by atoms with E-state index in [1.807, 2.05) is 38.1 Å². The number of nitrogens with zero attached hydrogens (tertiary/aromatic N) is 1. The quantitative estimate of drug-likeness (QED) is 0.704. The highest BCUT2D eigenvalue weighted by atomic mass is 16.2. The van der Waals surface area contributed by atoms with Crippen LogP contribution < -0.4 is 16.6 Å². The van der Waals surface area contributed by atoms with Gasteiger partial charge >= 0.3 is 5.69 Å². The van der Waals surface area contributed by atoms with E-state index >= 15 is 0 Å². The second-order valence-electron chi connectivity index (χ2n) is 6.62. The lowest BCUT2D eigenvalue weighted by Crippen LogP contribution is -2.33. The van der Waals surface area contributed by atoms with Gasteiger partial charge < -0.3 is 5.32 Å². The van der Waals surface area contributed by atoms with Gasteiger partial charge in [0.05, 0.1) is 16.9 Å². The highest BCUT2D eigenvalue weighted by Crippen LogP contribution is 2.17. The number of carbonyl (C=O) groups excluding carboxylic acids is 1. The third-order valence-corrected chi connectivity index (χ3v) is 4.69. The number of hydrogen-bond acceptors (Lipinski definition) is 3. The summed E-state index contributed by atoms with van der Waals surface area (Å²) in [6.07, 6.45) is 0.925. The number of hydrogen-bond donors (Lipinski definition) is 2. The van der Waals surface area contributed by atoms with Crippen LogP contribution in [0.1, 0.15) is 36.9 Å². The number of aromatic nitrogens is 2. The lowest BCUT2D eigenvalue weighted by molar-refractivity contribution is -0.122. The van der Waals surface area contributed by atoms with E-state index in [1.165, 1.54) is 10.1 Å². The van der Waals surface area contributed by atoms with Gasteiger partial charge in [-0.05, 0) is 31.0 Å². The molecule has 3 aromatic rings. The maximum absolute atomic E-state index is 12.4. The molecule has 0 spiro atoms. The molecular weight excluding hydrogens is 342 g/mol. The molecule has 0 aliphatic heterocycles. The maximum atomic E-state index is 12.4. The van der Waals surface area contributed by atoms with Crippen molar-refractivity contribution in [3.63, 3.8) is 0 Å². The van der Waals surface area contributed by atoms with Crippen molar-refractivity contribution in [1.29, 1.82) is 0 Å². The fourth-order valence-corrected chi connectivity index (χ4v) is 3.16. The summed E-state index contributed by atoms with van der Waals surface area (Å²) >= 11 is 0. The van der Waals surface area contributed by atoms with Crippen LogP contribution in [0.4, 0.5) is 0 Å². The number of aryl methyl sites for hydroxylation is 2. The van der Waals surface area contributed by atoms with Gasteiger partial charge in [0.2, 0.25) is 5.91 Å². The first-order chi connectivity index (χ1) is 13.0. The van der Waals surface area contributed by atoms with Crippen LogP contribution in [0.2, 0.25) is 0 Å². The van der Waals surface area contributed by atoms with Crippen molar-refractivity contribution < 1.29 is 4.79 Å². The van der Waals surface area contributed by atoms with Crippen molar-refractivity contribution in [2.45, 2.75) is 39.3 Å².